The molecular weight excluding hydrogens is 280 g/mol. The molecule has 0 spiro atoms. The molecule has 0 saturated carbocycles. The molecule has 0 bridgehead atoms. The van der Waals surface area contributed by atoms with Gasteiger partial charge in [-0.25, -0.2) is 0 Å². The predicted molar refractivity (Wildman–Crippen MR) is 76.2 cm³/mol. The average molecular weight is 294 g/mol. The molecule has 0 aliphatic heterocycles. The number of ether oxygens (including phenoxy) is 1. The molecule has 0 amide bonds. The second-order valence-electron chi connectivity index (χ2n) is 3.97. The van der Waals surface area contributed by atoms with Crippen LogP contribution in [0, 0.1) is 0 Å². The summed E-state index contributed by atoms with van der Waals surface area (Å²) in [7, 11) is 1.60. The molecule has 7 nitrogen and oxygen atoms in total. The fraction of sp³-hybridized carbons (Fsp3) is 0.250. The number of hydrogen-bond donors (Lipinski definition) is 2. The SMILES string of the molecule is CCOc1cc(N)cc(Sc2nc(=O)c(=O)[nH]n2C)c1. The van der Waals surface area contributed by atoms with Crippen molar-refractivity contribution < 1.29 is 4.74 Å². The molecule has 1 aromatic heterocycles. The third kappa shape index (κ3) is 3.21. The third-order valence-electron chi connectivity index (χ3n) is 2.37. The van der Waals surface area contributed by atoms with Crippen molar-refractivity contribution in [3.05, 3.63) is 38.9 Å². The van der Waals surface area contributed by atoms with Gasteiger partial charge in [0, 0.05) is 23.7 Å². The smallest absolute Gasteiger partial charge is 0.339 e. The lowest BCUT2D eigenvalue weighted by atomic mass is 10.3. The first kappa shape index (κ1) is 14.2. The Bertz CT molecular complexity index is 738. The Balaban J connectivity index is 2.37. The molecule has 8 heteroatoms. The predicted octanol–water partition coefficient (Wildman–Crippen LogP) is 0.601. The summed E-state index contributed by atoms with van der Waals surface area (Å²) in [5.74, 6) is 0.643. The number of anilines is 1. The summed E-state index contributed by atoms with van der Waals surface area (Å²) in [5.41, 5.74) is 4.77. The minimum Gasteiger partial charge on any atom is -0.494 e. The lowest BCUT2D eigenvalue weighted by molar-refractivity contribution is 0.339. The molecular formula is C12H14N4O3S. The van der Waals surface area contributed by atoms with Crippen LogP contribution < -0.4 is 21.6 Å². The van der Waals surface area contributed by atoms with Gasteiger partial charge in [0.25, 0.3) is 0 Å². The summed E-state index contributed by atoms with van der Waals surface area (Å²) >= 11 is 1.21. The second-order valence-corrected chi connectivity index (χ2v) is 5.01. The van der Waals surface area contributed by atoms with Crippen molar-refractivity contribution >= 4 is 17.4 Å². The number of nitrogens with zero attached hydrogens (tertiary/aromatic N) is 2. The minimum atomic E-state index is -0.820. The Labute approximate surface area is 118 Å². The Hall–Kier alpha value is -2.22. The quantitative estimate of drug-likeness (QED) is 0.632. The summed E-state index contributed by atoms with van der Waals surface area (Å²) in [6.07, 6.45) is 0. The van der Waals surface area contributed by atoms with Crippen LogP contribution in [0.3, 0.4) is 0 Å². The molecule has 1 aromatic carbocycles. The van der Waals surface area contributed by atoms with Crippen LogP contribution in [0.1, 0.15) is 6.92 Å². The van der Waals surface area contributed by atoms with E-state index in [2.05, 4.69) is 10.1 Å². The monoisotopic (exact) mass is 294 g/mol. The molecule has 1 heterocycles. The number of nitrogen functional groups attached to an aromatic ring is 1. The molecule has 0 atom stereocenters. The first-order chi connectivity index (χ1) is 9.49. The van der Waals surface area contributed by atoms with E-state index < -0.39 is 11.1 Å². The van der Waals surface area contributed by atoms with E-state index in [0.29, 0.717) is 23.2 Å². The lowest BCUT2D eigenvalue weighted by Gasteiger charge is -2.09. The topological polar surface area (TPSA) is 103 Å². The summed E-state index contributed by atoms with van der Waals surface area (Å²) in [4.78, 5) is 26.9. The third-order valence-corrected chi connectivity index (χ3v) is 3.39. The molecule has 2 aromatic rings. The van der Waals surface area contributed by atoms with Crippen molar-refractivity contribution in [3.63, 3.8) is 0 Å². The maximum absolute atomic E-state index is 11.3. The van der Waals surface area contributed by atoms with Crippen LogP contribution in [0.4, 0.5) is 5.69 Å². The number of nitrogens with two attached hydrogens (primary N) is 1. The molecule has 2 rings (SSSR count). The molecule has 20 heavy (non-hydrogen) atoms. The van der Waals surface area contributed by atoms with E-state index in [9.17, 15) is 9.59 Å². The Morgan fingerprint density at radius 2 is 2.15 bits per heavy atom. The minimum absolute atomic E-state index is 0.364. The van der Waals surface area contributed by atoms with Gasteiger partial charge in [-0.15, -0.1) is 0 Å². The van der Waals surface area contributed by atoms with Crippen molar-refractivity contribution in [1.82, 2.24) is 14.8 Å². The van der Waals surface area contributed by atoms with Crippen LogP contribution in [0.25, 0.3) is 0 Å². The van der Waals surface area contributed by atoms with Gasteiger partial charge >= 0.3 is 11.1 Å². The standard InChI is InChI=1S/C12H14N4O3S/c1-3-19-8-4-7(13)5-9(6-8)20-12-14-10(17)11(18)15-16(12)2/h4-6H,3,13H2,1-2H3,(H,15,18). The number of aromatic nitrogens is 3. The first-order valence-corrected chi connectivity index (χ1v) is 6.70. The number of hydrogen-bond acceptors (Lipinski definition) is 6. The van der Waals surface area contributed by atoms with Crippen LogP contribution >= 0.6 is 11.8 Å². The molecule has 3 N–H and O–H groups in total. The maximum Gasteiger partial charge on any atom is 0.339 e. The van der Waals surface area contributed by atoms with Crippen molar-refractivity contribution in [2.75, 3.05) is 12.3 Å². The first-order valence-electron chi connectivity index (χ1n) is 5.88. The van der Waals surface area contributed by atoms with Gasteiger partial charge in [-0.3, -0.25) is 19.4 Å². The van der Waals surface area contributed by atoms with Gasteiger partial charge in [0.1, 0.15) is 5.75 Å². The van der Waals surface area contributed by atoms with Gasteiger partial charge in [-0.2, -0.15) is 4.98 Å². The highest BCUT2D eigenvalue weighted by molar-refractivity contribution is 7.99. The highest BCUT2D eigenvalue weighted by atomic mass is 32.2. The van der Waals surface area contributed by atoms with E-state index in [1.54, 1.807) is 25.2 Å². The fourth-order valence-electron chi connectivity index (χ4n) is 1.56. The summed E-state index contributed by atoms with van der Waals surface area (Å²) in [6, 6.07) is 5.25. The summed E-state index contributed by atoms with van der Waals surface area (Å²) in [5, 5.41) is 2.75. The molecule has 0 aliphatic carbocycles. The van der Waals surface area contributed by atoms with E-state index in [4.69, 9.17) is 10.5 Å². The zero-order chi connectivity index (χ0) is 14.7. The second kappa shape index (κ2) is 5.83. The van der Waals surface area contributed by atoms with Crippen LogP contribution in [0.15, 0.2) is 37.8 Å². The molecule has 0 aliphatic rings. The van der Waals surface area contributed by atoms with Crippen molar-refractivity contribution in [2.24, 2.45) is 7.05 Å². The van der Waals surface area contributed by atoms with Crippen LogP contribution in [0.2, 0.25) is 0 Å². The van der Waals surface area contributed by atoms with E-state index in [-0.39, 0.29) is 0 Å². The fourth-order valence-corrected chi connectivity index (χ4v) is 2.45. The van der Waals surface area contributed by atoms with Crippen molar-refractivity contribution in [3.8, 4) is 5.75 Å². The lowest BCUT2D eigenvalue weighted by Crippen LogP contribution is -2.33. The number of H-pyrrole nitrogens is 1. The summed E-state index contributed by atoms with van der Waals surface area (Å²) < 4.78 is 6.78. The number of aromatic amines is 1. The zero-order valence-electron chi connectivity index (χ0n) is 11.0. The largest absolute Gasteiger partial charge is 0.494 e. The number of benzene rings is 1. The molecule has 0 fully saturated rings. The molecule has 0 saturated heterocycles. The van der Waals surface area contributed by atoms with Crippen LogP contribution in [0.5, 0.6) is 5.75 Å². The van der Waals surface area contributed by atoms with Crippen LogP contribution in [-0.4, -0.2) is 21.4 Å². The van der Waals surface area contributed by atoms with Gasteiger partial charge in [0.05, 0.1) is 6.61 Å². The van der Waals surface area contributed by atoms with Gasteiger partial charge in [-0.05, 0) is 30.8 Å². The molecule has 106 valence electrons. The van der Waals surface area contributed by atoms with Gasteiger partial charge in [-0.1, -0.05) is 0 Å². The molecule has 0 unspecified atom stereocenters. The number of aryl methyl sites for hydroxylation is 1. The van der Waals surface area contributed by atoms with E-state index in [0.717, 1.165) is 4.90 Å². The van der Waals surface area contributed by atoms with Crippen molar-refractivity contribution in [1.29, 1.82) is 0 Å². The van der Waals surface area contributed by atoms with Crippen LogP contribution in [-0.2, 0) is 7.05 Å². The highest BCUT2D eigenvalue weighted by Crippen LogP contribution is 2.30. The average Bonchev–Trinajstić information content (AvgIpc) is 2.35. The van der Waals surface area contributed by atoms with Gasteiger partial charge in [0.15, 0.2) is 5.16 Å². The maximum atomic E-state index is 11.3. The van der Waals surface area contributed by atoms with Crippen molar-refractivity contribution in [2.45, 2.75) is 17.0 Å². The number of nitrogens with one attached hydrogen (secondary N) is 1. The summed E-state index contributed by atoms with van der Waals surface area (Å²) in [6.45, 7) is 2.41. The zero-order valence-corrected chi connectivity index (χ0v) is 11.9. The van der Waals surface area contributed by atoms with E-state index in [1.165, 1.54) is 16.4 Å². The van der Waals surface area contributed by atoms with Gasteiger partial charge < -0.3 is 10.5 Å². The van der Waals surface area contributed by atoms with Gasteiger partial charge in [0.2, 0.25) is 0 Å². The Kier molecular flexibility index (Phi) is 4.14. The molecule has 0 radical (unpaired) electrons. The number of rotatable bonds is 4. The highest BCUT2D eigenvalue weighted by Gasteiger charge is 2.08. The van der Waals surface area contributed by atoms with E-state index >= 15 is 0 Å². The normalized spacial score (nSPS) is 10.5. The Morgan fingerprint density at radius 3 is 2.85 bits per heavy atom. The Morgan fingerprint density at radius 1 is 1.40 bits per heavy atom. The van der Waals surface area contributed by atoms with E-state index in [1.807, 2.05) is 6.92 Å².